The summed E-state index contributed by atoms with van der Waals surface area (Å²) in [5.74, 6) is 2.11. The fourth-order valence-corrected chi connectivity index (χ4v) is 3.78. The van der Waals surface area contributed by atoms with E-state index in [9.17, 15) is 10.0 Å². The summed E-state index contributed by atoms with van der Waals surface area (Å²) < 4.78 is 0.726. The molecule has 0 fully saturated rings. The second kappa shape index (κ2) is 8.45. The molecule has 0 aliphatic carbocycles. The maximum Gasteiger partial charge on any atom is 0.263 e. The maximum atomic E-state index is 13.1. The molecule has 0 spiro atoms. The van der Waals surface area contributed by atoms with Gasteiger partial charge in [0.1, 0.15) is 5.56 Å². The van der Waals surface area contributed by atoms with Crippen molar-refractivity contribution in [2.24, 2.45) is 0 Å². The third-order valence-electron chi connectivity index (χ3n) is 4.84. The molecule has 4 nitrogen and oxygen atoms in total. The second-order valence-corrected chi connectivity index (χ2v) is 7.01. The van der Waals surface area contributed by atoms with E-state index in [1.165, 1.54) is 0 Å². The summed E-state index contributed by atoms with van der Waals surface area (Å²) in [6, 6.07) is 4.13. The Morgan fingerprint density at radius 1 is 1.19 bits per heavy atom. The first-order valence-electron chi connectivity index (χ1n) is 9.04. The van der Waals surface area contributed by atoms with Crippen molar-refractivity contribution in [1.82, 2.24) is 0 Å². The average Bonchev–Trinajstić information content (AvgIpc) is 2.64. The van der Waals surface area contributed by atoms with Crippen molar-refractivity contribution in [1.29, 1.82) is 0 Å². The molecule has 1 aromatic heterocycles. The standard InChI is InChI=1S/C22H25ClN2O2/c1-7-10-18-14(5)25(27)15(6)19(20(18)23)22(26)24-21-16(8-2)11-13(4)12-17(21)9-3/h1,11-12H,8-10H2,2-6H3,(H,24,26). The zero-order chi connectivity index (χ0) is 20.3. The van der Waals surface area contributed by atoms with Gasteiger partial charge in [-0.05, 0) is 30.9 Å². The van der Waals surface area contributed by atoms with Crippen molar-refractivity contribution >= 4 is 23.2 Å². The molecule has 0 aliphatic heterocycles. The Labute approximate surface area is 166 Å². The lowest BCUT2D eigenvalue weighted by molar-refractivity contribution is -0.619. The second-order valence-electron chi connectivity index (χ2n) is 6.63. The van der Waals surface area contributed by atoms with Crippen LogP contribution in [0, 0.1) is 38.3 Å². The van der Waals surface area contributed by atoms with Gasteiger partial charge in [0, 0.05) is 26.0 Å². The van der Waals surface area contributed by atoms with E-state index in [0.29, 0.717) is 11.3 Å². The van der Waals surface area contributed by atoms with Gasteiger partial charge < -0.3 is 10.5 Å². The molecule has 0 bridgehead atoms. The van der Waals surface area contributed by atoms with Crippen molar-refractivity contribution in [2.45, 2.75) is 53.9 Å². The van der Waals surface area contributed by atoms with Gasteiger partial charge in [0.05, 0.1) is 10.6 Å². The van der Waals surface area contributed by atoms with Crippen LogP contribution < -0.4 is 10.0 Å². The van der Waals surface area contributed by atoms with Crippen molar-refractivity contribution in [3.63, 3.8) is 0 Å². The van der Waals surface area contributed by atoms with Crippen molar-refractivity contribution in [3.8, 4) is 12.3 Å². The van der Waals surface area contributed by atoms with E-state index >= 15 is 0 Å². The molecule has 142 valence electrons. The van der Waals surface area contributed by atoms with Crippen molar-refractivity contribution in [3.05, 3.63) is 61.6 Å². The molecule has 0 unspecified atom stereocenters. The van der Waals surface area contributed by atoms with Gasteiger partial charge in [-0.3, -0.25) is 4.79 Å². The summed E-state index contributed by atoms with van der Waals surface area (Å²) in [4.78, 5) is 13.1. The molecule has 27 heavy (non-hydrogen) atoms. The number of halogens is 1. The number of rotatable bonds is 5. The van der Waals surface area contributed by atoms with E-state index in [-0.39, 0.29) is 22.7 Å². The number of terminal acetylenes is 1. The Kier molecular flexibility index (Phi) is 6.51. The maximum absolute atomic E-state index is 13.1. The summed E-state index contributed by atoms with van der Waals surface area (Å²) in [7, 11) is 0. The number of aromatic nitrogens is 1. The van der Waals surface area contributed by atoms with E-state index in [1.54, 1.807) is 13.8 Å². The number of anilines is 1. The van der Waals surface area contributed by atoms with Crippen molar-refractivity contribution < 1.29 is 9.52 Å². The van der Waals surface area contributed by atoms with Crippen LogP contribution in [0.25, 0.3) is 0 Å². The number of nitrogens with zero attached hydrogens (tertiary/aromatic N) is 1. The van der Waals surface area contributed by atoms with Crippen LogP contribution in [0.4, 0.5) is 5.69 Å². The summed E-state index contributed by atoms with van der Waals surface area (Å²) in [6.45, 7) is 9.38. The number of hydrogen-bond acceptors (Lipinski definition) is 2. The molecule has 1 heterocycles. The van der Waals surface area contributed by atoms with Crippen LogP contribution in [-0.2, 0) is 19.3 Å². The zero-order valence-electron chi connectivity index (χ0n) is 16.5. The highest BCUT2D eigenvalue weighted by molar-refractivity contribution is 6.35. The van der Waals surface area contributed by atoms with Crippen LogP contribution in [0.15, 0.2) is 12.1 Å². The lowest BCUT2D eigenvalue weighted by atomic mass is 9.99. The van der Waals surface area contributed by atoms with Gasteiger partial charge in [0.15, 0.2) is 5.69 Å². The van der Waals surface area contributed by atoms with Crippen LogP contribution in [0.5, 0.6) is 0 Å². The Balaban J connectivity index is 2.60. The van der Waals surface area contributed by atoms with Gasteiger partial charge in [-0.2, -0.15) is 4.73 Å². The molecule has 0 saturated carbocycles. The van der Waals surface area contributed by atoms with Crippen LogP contribution in [0.2, 0.25) is 5.02 Å². The van der Waals surface area contributed by atoms with E-state index in [1.807, 2.05) is 20.8 Å². The predicted molar refractivity (Wildman–Crippen MR) is 110 cm³/mol. The number of nitrogens with one attached hydrogen (secondary N) is 1. The van der Waals surface area contributed by atoms with Crippen LogP contribution in [0.3, 0.4) is 0 Å². The predicted octanol–water partition coefficient (Wildman–Crippen LogP) is 4.45. The Morgan fingerprint density at radius 2 is 1.74 bits per heavy atom. The summed E-state index contributed by atoms with van der Waals surface area (Å²) in [5, 5.41) is 15.7. The molecular formula is C22H25ClN2O2. The fourth-order valence-electron chi connectivity index (χ4n) is 3.35. The van der Waals surface area contributed by atoms with E-state index in [4.69, 9.17) is 18.0 Å². The molecule has 0 radical (unpaired) electrons. The van der Waals surface area contributed by atoms with Crippen LogP contribution in [0.1, 0.15) is 57.8 Å². The Bertz CT molecular complexity index is 918. The number of carbonyl (C=O) groups is 1. The van der Waals surface area contributed by atoms with Gasteiger partial charge in [-0.1, -0.05) is 43.1 Å². The van der Waals surface area contributed by atoms with Crippen LogP contribution in [-0.4, -0.2) is 5.91 Å². The third-order valence-corrected chi connectivity index (χ3v) is 5.26. The van der Waals surface area contributed by atoms with Crippen molar-refractivity contribution in [2.75, 3.05) is 5.32 Å². The average molecular weight is 385 g/mol. The molecule has 5 heteroatoms. The van der Waals surface area contributed by atoms with Gasteiger partial charge in [-0.25, -0.2) is 0 Å². The van der Waals surface area contributed by atoms with Gasteiger partial charge in [0.2, 0.25) is 5.69 Å². The largest absolute Gasteiger partial charge is 0.618 e. The van der Waals surface area contributed by atoms with E-state index < -0.39 is 5.91 Å². The summed E-state index contributed by atoms with van der Waals surface area (Å²) >= 11 is 6.50. The fraction of sp³-hybridized carbons (Fsp3) is 0.364. The molecule has 0 saturated heterocycles. The van der Waals surface area contributed by atoms with E-state index in [2.05, 4.69) is 23.4 Å². The Hall–Kier alpha value is -2.51. The smallest absolute Gasteiger partial charge is 0.263 e. The first-order chi connectivity index (χ1) is 12.8. The Morgan fingerprint density at radius 3 is 2.22 bits per heavy atom. The minimum atomic E-state index is -0.395. The molecule has 0 atom stereocenters. The number of amides is 1. The number of aryl methyl sites for hydroxylation is 3. The first kappa shape index (κ1) is 20.8. The van der Waals surface area contributed by atoms with Gasteiger partial charge >= 0.3 is 0 Å². The normalized spacial score (nSPS) is 10.6. The van der Waals surface area contributed by atoms with E-state index in [0.717, 1.165) is 39.9 Å². The highest BCUT2D eigenvalue weighted by Gasteiger charge is 2.27. The molecule has 0 aliphatic rings. The molecule has 2 aromatic rings. The van der Waals surface area contributed by atoms with Crippen LogP contribution >= 0.6 is 11.6 Å². The van der Waals surface area contributed by atoms with Gasteiger partial charge in [0.25, 0.3) is 5.91 Å². The quantitative estimate of drug-likeness (QED) is 0.470. The molecule has 1 aromatic carbocycles. The van der Waals surface area contributed by atoms with Gasteiger partial charge in [-0.15, -0.1) is 12.3 Å². The lowest BCUT2D eigenvalue weighted by Gasteiger charge is -2.18. The first-order valence-corrected chi connectivity index (χ1v) is 9.42. The minimum absolute atomic E-state index is 0.173. The third kappa shape index (κ3) is 3.94. The molecule has 1 N–H and O–H groups in total. The zero-order valence-corrected chi connectivity index (χ0v) is 17.3. The minimum Gasteiger partial charge on any atom is -0.618 e. The summed E-state index contributed by atoms with van der Waals surface area (Å²) in [5.41, 5.74) is 5.43. The monoisotopic (exact) mass is 384 g/mol. The number of pyridine rings is 1. The highest BCUT2D eigenvalue weighted by Crippen LogP contribution is 2.29. The number of hydrogen-bond donors (Lipinski definition) is 1. The topological polar surface area (TPSA) is 56.0 Å². The number of benzene rings is 1. The SMILES string of the molecule is C#CCc1c(Cl)c(C(=O)Nc2c(CC)cc(C)cc2CC)c(C)[n+]([O-])c1C. The lowest BCUT2D eigenvalue weighted by Crippen LogP contribution is -2.38. The molecule has 2 rings (SSSR count). The number of carbonyl (C=O) groups excluding carboxylic acids is 1. The molecular weight excluding hydrogens is 360 g/mol. The summed E-state index contributed by atoms with van der Waals surface area (Å²) in [6.07, 6.45) is 7.17. The molecule has 1 amide bonds. The highest BCUT2D eigenvalue weighted by atomic mass is 35.5.